The number of aliphatic hydroxyl groups excluding tert-OH is 1. The lowest BCUT2D eigenvalue weighted by Crippen LogP contribution is -2.50. The predicted octanol–water partition coefficient (Wildman–Crippen LogP) is 1.91. The fourth-order valence-electron chi connectivity index (χ4n) is 6.08. The van der Waals surface area contributed by atoms with E-state index in [9.17, 15) is 4.79 Å². The van der Waals surface area contributed by atoms with Gasteiger partial charge in [-0.15, -0.1) is 0 Å². The van der Waals surface area contributed by atoms with Gasteiger partial charge in [-0.05, 0) is 43.4 Å². The maximum Gasteiger partial charge on any atom is 0.310 e. The van der Waals surface area contributed by atoms with Crippen LogP contribution in [0.3, 0.4) is 0 Å². The molecule has 4 rings (SSSR count). The number of carbonyl (C=O) groups excluding carboxylic acids is 1. The number of aliphatic hydroxyl groups is 1. The van der Waals surface area contributed by atoms with Crippen molar-refractivity contribution in [3.05, 3.63) is 12.2 Å². The van der Waals surface area contributed by atoms with E-state index in [0.717, 1.165) is 58.5 Å². The van der Waals surface area contributed by atoms with E-state index < -0.39 is 0 Å². The standard InChI is InChI=1S/C21H34N2O3/c1-15-4-3-5-21(2)13-19-16(12-18(15)21)17(20(25)26-19)14-23-8-6-22(7-9-23)10-11-24/h16-19,24H,1,3-14H2,2H3/t16-,17+,18-,19-,21-/m1/s1. The van der Waals surface area contributed by atoms with Gasteiger partial charge in [0.2, 0.25) is 0 Å². The Bertz CT molecular complexity index is 557. The van der Waals surface area contributed by atoms with Crippen molar-refractivity contribution in [2.45, 2.75) is 45.1 Å². The minimum atomic E-state index is 0.0312. The number of allylic oxidation sites excluding steroid dienone is 1. The Balaban J connectivity index is 1.41. The molecule has 146 valence electrons. The highest BCUT2D eigenvalue weighted by Crippen LogP contribution is 2.56. The summed E-state index contributed by atoms with van der Waals surface area (Å²) in [6, 6.07) is 0. The third kappa shape index (κ3) is 3.34. The highest BCUT2D eigenvalue weighted by atomic mass is 16.6. The average Bonchev–Trinajstić information content (AvgIpc) is 2.89. The van der Waals surface area contributed by atoms with Gasteiger partial charge in [0.15, 0.2) is 0 Å². The van der Waals surface area contributed by atoms with E-state index in [1.54, 1.807) is 0 Å². The van der Waals surface area contributed by atoms with Gasteiger partial charge in [-0.3, -0.25) is 14.6 Å². The van der Waals surface area contributed by atoms with Gasteiger partial charge in [0.25, 0.3) is 0 Å². The predicted molar refractivity (Wildman–Crippen MR) is 101 cm³/mol. The zero-order chi connectivity index (χ0) is 18.3. The molecule has 2 heterocycles. The highest BCUT2D eigenvalue weighted by molar-refractivity contribution is 5.75. The average molecular weight is 363 g/mol. The minimum absolute atomic E-state index is 0.0312. The van der Waals surface area contributed by atoms with Gasteiger partial charge >= 0.3 is 5.97 Å². The molecule has 4 fully saturated rings. The summed E-state index contributed by atoms with van der Waals surface area (Å²) in [7, 11) is 0. The summed E-state index contributed by atoms with van der Waals surface area (Å²) >= 11 is 0. The molecule has 5 nitrogen and oxygen atoms in total. The molecule has 0 aromatic rings. The van der Waals surface area contributed by atoms with Gasteiger partial charge < -0.3 is 9.84 Å². The third-order valence-electron chi connectivity index (χ3n) is 7.66. The Morgan fingerprint density at radius 2 is 2.00 bits per heavy atom. The summed E-state index contributed by atoms with van der Waals surface area (Å²) in [6.45, 7) is 12.5. The Morgan fingerprint density at radius 3 is 2.73 bits per heavy atom. The molecule has 0 spiro atoms. The molecule has 1 N–H and O–H groups in total. The number of carbonyl (C=O) groups is 1. The summed E-state index contributed by atoms with van der Waals surface area (Å²) in [6.07, 6.45) is 5.86. The lowest BCUT2D eigenvalue weighted by atomic mass is 9.55. The van der Waals surface area contributed by atoms with Gasteiger partial charge in [0, 0.05) is 45.2 Å². The Labute approximate surface area is 157 Å². The zero-order valence-corrected chi connectivity index (χ0v) is 16.2. The first-order chi connectivity index (χ1) is 12.5. The summed E-state index contributed by atoms with van der Waals surface area (Å²) in [5.41, 5.74) is 1.69. The summed E-state index contributed by atoms with van der Waals surface area (Å²) < 4.78 is 5.89. The number of β-amino-alcohol motifs (C(OH)–C–C–N with tert-alkyl or cyclic N) is 1. The topological polar surface area (TPSA) is 53.0 Å². The van der Waals surface area contributed by atoms with E-state index in [-0.39, 0.29) is 30.0 Å². The van der Waals surface area contributed by atoms with Crippen LogP contribution in [0.2, 0.25) is 0 Å². The molecule has 0 radical (unpaired) electrons. The van der Waals surface area contributed by atoms with E-state index in [1.807, 2.05) is 0 Å². The molecule has 2 saturated carbocycles. The smallest absolute Gasteiger partial charge is 0.310 e. The number of rotatable bonds is 4. The molecule has 26 heavy (non-hydrogen) atoms. The van der Waals surface area contributed by atoms with Crippen LogP contribution in [0.15, 0.2) is 12.2 Å². The number of nitrogens with zero attached hydrogens (tertiary/aromatic N) is 2. The van der Waals surface area contributed by atoms with Crippen molar-refractivity contribution < 1.29 is 14.6 Å². The van der Waals surface area contributed by atoms with Crippen molar-refractivity contribution in [3.8, 4) is 0 Å². The van der Waals surface area contributed by atoms with Gasteiger partial charge in [-0.2, -0.15) is 0 Å². The van der Waals surface area contributed by atoms with Crippen LogP contribution in [0.5, 0.6) is 0 Å². The maximum absolute atomic E-state index is 12.7. The third-order valence-corrected chi connectivity index (χ3v) is 7.66. The van der Waals surface area contributed by atoms with Crippen molar-refractivity contribution in [1.29, 1.82) is 0 Å². The molecule has 2 aliphatic carbocycles. The van der Waals surface area contributed by atoms with E-state index in [0.29, 0.717) is 11.8 Å². The van der Waals surface area contributed by atoms with Gasteiger partial charge in [0.05, 0.1) is 12.5 Å². The van der Waals surface area contributed by atoms with Crippen molar-refractivity contribution in [1.82, 2.24) is 9.80 Å². The number of ether oxygens (including phenoxy) is 1. The molecular formula is C21H34N2O3. The van der Waals surface area contributed by atoms with E-state index in [1.165, 1.54) is 18.4 Å². The normalized spacial score (nSPS) is 41.6. The van der Waals surface area contributed by atoms with Crippen LogP contribution >= 0.6 is 0 Å². The monoisotopic (exact) mass is 362 g/mol. The molecule has 5 heteroatoms. The first kappa shape index (κ1) is 18.5. The molecule has 4 aliphatic rings. The SMILES string of the molecule is C=C1CCC[C@]2(C)C[C@H]3OC(=O)[C@@H](CN4CCN(CCO)CC4)[C@H]3C[C@H]12. The molecule has 2 aliphatic heterocycles. The second-order valence-corrected chi connectivity index (χ2v) is 9.27. The first-order valence-electron chi connectivity index (χ1n) is 10.4. The Morgan fingerprint density at radius 1 is 1.27 bits per heavy atom. The Kier molecular flexibility index (Phi) is 5.15. The fourth-order valence-corrected chi connectivity index (χ4v) is 6.08. The summed E-state index contributed by atoms with van der Waals surface area (Å²) in [5.74, 6) is 0.996. The second-order valence-electron chi connectivity index (χ2n) is 9.27. The number of fused-ring (bicyclic) bond motifs is 2. The number of esters is 1. The molecule has 5 atom stereocenters. The molecule has 0 aromatic carbocycles. The van der Waals surface area contributed by atoms with Crippen LogP contribution in [0.4, 0.5) is 0 Å². The summed E-state index contributed by atoms with van der Waals surface area (Å²) in [4.78, 5) is 17.4. The molecule has 0 bridgehead atoms. The zero-order valence-electron chi connectivity index (χ0n) is 16.2. The van der Waals surface area contributed by atoms with Crippen molar-refractivity contribution >= 4 is 5.97 Å². The van der Waals surface area contributed by atoms with Crippen molar-refractivity contribution in [2.75, 3.05) is 45.9 Å². The molecule has 0 unspecified atom stereocenters. The number of hydrogen-bond acceptors (Lipinski definition) is 5. The van der Waals surface area contributed by atoms with Crippen LogP contribution in [0, 0.1) is 23.2 Å². The molecule has 0 aromatic heterocycles. The molecule has 2 saturated heterocycles. The van der Waals surface area contributed by atoms with Gasteiger partial charge in [-0.1, -0.05) is 19.1 Å². The van der Waals surface area contributed by atoms with E-state index in [2.05, 4.69) is 23.3 Å². The van der Waals surface area contributed by atoms with Gasteiger partial charge in [-0.25, -0.2) is 0 Å². The maximum atomic E-state index is 12.7. The highest BCUT2D eigenvalue weighted by Gasteiger charge is 2.55. The molecule has 0 amide bonds. The second kappa shape index (κ2) is 7.25. The van der Waals surface area contributed by atoms with Gasteiger partial charge in [0.1, 0.15) is 6.10 Å². The largest absolute Gasteiger partial charge is 0.462 e. The van der Waals surface area contributed by atoms with Crippen LogP contribution < -0.4 is 0 Å². The van der Waals surface area contributed by atoms with E-state index in [4.69, 9.17) is 9.84 Å². The quantitative estimate of drug-likeness (QED) is 0.612. The lowest BCUT2D eigenvalue weighted by molar-refractivity contribution is -0.146. The summed E-state index contributed by atoms with van der Waals surface area (Å²) in [5, 5.41) is 9.09. The minimum Gasteiger partial charge on any atom is -0.462 e. The van der Waals surface area contributed by atoms with E-state index >= 15 is 0 Å². The van der Waals surface area contributed by atoms with Crippen LogP contribution in [0.25, 0.3) is 0 Å². The first-order valence-corrected chi connectivity index (χ1v) is 10.4. The van der Waals surface area contributed by atoms with Crippen LogP contribution in [-0.4, -0.2) is 72.9 Å². The molecular weight excluding hydrogens is 328 g/mol. The fraction of sp³-hybridized carbons (Fsp3) is 0.857. The van der Waals surface area contributed by atoms with Crippen molar-refractivity contribution in [2.24, 2.45) is 23.2 Å². The van der Waals surface area contributed by atoms with Crippen molar-refractivity contribution in [3.63, 3.8) is 0 Å². The Hall–Kier alpha value is -0.910. The number of piperazine rings is 1. The van der Waals surface area contributed by atoms with Crippen LogP contribution in [-0.2, 0) is 9.53 Å². The lowest BCUT2D eigenvalue weighted by Gasteiger charge is -2.50. The number of hydrogen-bond donors (Lipinski definition) is 1. The van der Waals surface area contributed by atoms with Crippen LogP contribution in [0.1, 0.15) is 39.0 Å².